The molecule has 3 aromatic heterocycles. The Morgan fingerprint density at radius 2 is 1.79 bits per heavy atom. The Balaban J connectivity index is 1.18. The van der Waals surface area contributed by atoms with Crippen molar-refractivity contribution in [3.63, 3.8) is 0 Å². The van der Waals surface area contributed by atoms with Crippen LogP contribution < -0.4 is 15.4 Å². The van der Waals surface area contributed by atoms with Gasteiger partial charge in [0, 0.05) is 39.6 Å². The standard InChI is InChI=1S/C35H34ClN7O4S/c1-35(2,3)30-19-32(43(41-30)23-8-11-25(12-9-23)47-17-16-44)38-34(46)37-20-22-6-4-5-7-29(22)48-26-13-15-31-39-40-33(42(31)21-26)27-18-24(45)10-14-28(27)36/h4-15,18-19,21,44-45H,16-17,20H2,1-3H3,(H2,37,38,46). The smallest absolute Gasteiger partial charge is 0.320 e. The van der Waals surface area contributed by atoms with Gasteiger partial charge in [0.2, 0.25) is 0 Å². The highest BCUT2D eigenvalue weighted by molar-refractivity contribution is 7.99. The monoisotopic (exact) mass is 683 g/mol. The molecule has 246 valence electrons. The number of anilines is 1. The number of aliphatic hydroxyl groups excluding tert-OH is 1. The largest absolute Gasteiger partial charge is 0.508 e. The van der Waals surface area contributed by atoms with E-state index in [2.05, 4.69) is 41.6 Å². The minimum absolute atomic E-state index is 0.0702. The van der Waals surface area contributed by atoms with E-state index in [1.165, 1.54) is 6.07 Å². The highest BCUT2D eigenvalue weighted by atomic mass is 35.5. The number of phenolic OH excluding ortho intramolecular Hbond substituents is 1. The van der Waals surface area contributed by atoms with Crippen LogP contribution in [0.4, 0.5) is 10.6 Å². The van der Waals surface area contributed by atoms with Crippen LogP contribution in [0, 0.1) is 0 Å². The van der Waals surface area contributed by atoms with Crippen LogP contribution in [0.2, 0.25) is 5.02 Å². The Labute approximate surface area is 286 Å². The van der Waals surface area contributed by atoms with Crippen LogP contribution >= 0.6 is 23.4 Å². The van der Waals surface area contributed by atoms with Gasteiger partial charge in [-0.1, -0.05) is 62.3 Å². The van der Waals surface area contributed by atoms with Gasteiger partial charge in [-0.2, -0.15) is 5.10 Å². The SMILES string of the molecule is CC(C)(C)c1cc(NC(=O)NCc2ccccc2Sc2ccc3nnc(-c4cc(O)ccc4Cl)n3c2)n(-c2ccc(OCCO)cc2)n1. The van der Waals surface area contributed by atoms with Gasteiger partial charge in [-0.25, -0.2) is 9.48 Å². The van der Waals surface area contributed by atoms with E-state index in [0.29, 0.717) is 33.6 Å². The number of nitrogens with zero attached hydrogens (tertiary/aromatic N) is 5. The summed E-state index contributed by atoms with van der Waals surface area (Å²) in [5.41, 5.74) is 3.46. The number of nitrogens with one attached hydrogen (secondary N) is 2. The predicted molar refractivity (Wildman–Crippen MR) is 186 cm³/mol. The molecule has 0 saturated carbocycles. The van der Waals surface area contributed by atoms with Crippen molar-refractivity contribution in [3.05, 3.63) is 107 Å². The Morgan fingerprint density at radius 3 is 2.56 bits per heavy atom. The molecular formula is C35H34ClN7O4S. The second-order valence-electron chi connectivity index (χ2n) is 11.9. The van der Waals surface area contributed by atoms with Gasteiger partial charge in [-0.3, -0.25) is 9.72 Å². The minimum atomic E-state index is -0.377. The molecule has 0 aliphatic heterocycles. The van der Waals surface area contributed by atoms with Crippen molar-refractivity contribution in [3.8, 4) is 28.6 Å². The van der Waals surface area contributed by atoms with E-state index in [-0.39, 0.29) is 37.0 Å². The first-order chi connectivity index (χ1) is 23.1. The maximum atomic E-state index is 13.3. The molecule has 0 saturated heterocycles. The number of hydrogen-bond acceptors (Lipinski definition) is 8. The van der Waals surface area contributed by atoms with Gasteiger partial charge in [-0.15, -0.1) is 10.2 Å². The predicted octanol–water partition coefficient (Wildman–Crippen LogP) is 7.08. The fourth-order valence-electron chi connectivity index (χ4n) is 4.89. The zero-order valence-electron chi connectivity index (χ0n) is 26.5. The molecule has 11 nitrogen and oxygen atoms in total. The van der Waals surface area contributed by atoms with E-state index in [0.717, 1.165) is 26.7 Å². The van der Waals surface area contributed by atoms with Crippen LogP contribution in [0.25, 0.3) is 22.7 Å². The maximum absolute atomic E-state index is 13.3. The van der Waals surface area contributed by atoms with Gasteiger partial charge in [0.05, 0.1) is 23.0 Å². The summed E-state index contributed by atoms with van der Waals surface area (Å²) in [6.07, 6.45) is 1.92. The molecular weight excluding hydrogens is 650 g/mol. The Hall–Kier alpha value is -5.04. The number of phenols is 1. The fourth-order valence-corrected chi connectivity index (χ4v) is 6.06. The topological polar surface area (TPSA) is 139 Å². The van der Waals surface area contributed by atoms with Crippen molar-refractivity contribution in [2.75, 3.05) is 18.5 Å². The number of pyridine rings is 1. The zero-order chi connectivity index (χ0) is 33.8. The lowest BCUT2D eigenvalue weighted by atomic mass is 9.92. The number of rotatable bonds is 10. The minimum Gasteiger partial charge on any atom is -0.508 e. The number of carbonyl (C=O) groups is 1. The van der Waals surface area contributed by atoms with Gasteiger partial charge >= 0.3 is 6.03 Å². The lowest BCUT2D eigenvalue weighted by Crippen LogP contribution is -2.29. The third-order valence-corrected chi connectivity index (χ3v) is 8.79. The molecule has 48 heavy (non-hydrogen) atoms. The van der Waals surface area contributed by atoms with Gasteiger partial charge < -0.3 is 20.3 Å². The summed E-state index contributed by atoms with van der Waals surface area (Å²) in [6.45, 7) is 6.61. The molecule has 6 rings (SSSR count). The third kappa shape index (κ3) is 7.41. The second-order valence-corrected chi connectivity index (χ2v) is 13.5. The van der Waals surface area contributed by atoms with Crippen molar-refractivity contribution in [2.45, 2.75) is 42.5 Å². The zero-order valence-corrected chi connectivity index (χ0v) is 28.1. The fraction of sp³-hybridized carbons (Fsp3) is 0.200. The molecule has 0 atom stereocenters. The lowest BCUT2D eigenvalue weighted by molar-refractivity contribution is 0.201. The number of urea groups is 1. The van der Waals surface area contributed by atoms with Crippen molar-refractivity contribution < 1.29 is 19.7 Å². The first-order valence-electron chi connectivity index (χ1n) is 15.2. The molecule has 0 aliphatic rings. The van der Waals surface area contributed by atoms with E-state index >= 15 is 0 Å². The Morgan fingerprint density at radius 1 is 1.00 bits per heavy atom. The highest BCUT2D eigenvalue weighted by Crippen LogP contribution is 2.34. The summed E-state index contributed by atoms with van der Waals surface area (Å²) in [5.74, 6) is 1.75. The van der Waals surface area contributed by atoms with Crippen molar-refractivity contribution in [1.82, 2.24) is 29.7 Å². The number of fused-ring (bicyclic) bond motifs is 1. The number of hydrogen-bond donors (Lipinski definition) is 4. The molecule has 0 aliphatic carbocycles. The maximum Gasteiger partial charge on any atom is 0.320 e. The van der Waals surface area contributed by atoms with Gasteiger partial charge in [0.25, 0.3) is 0 Å². The second kappa shape index (κ2) is 14.0. The molecule has 0 bridgehead atoms. The Kier molecular flexibility index (Phi) is 9.58. The van der Waals surface area contributed by atoms with Gasteiger partial charge in [-0.05, 0) is 66.2 Å². The Bertz CT molecular complexity index is 2070. The van der Waals surface area contributed by atoms with Crippen LogP contribution in [0.3, 0.4) is 0 Å². The summed E-state index contributed by atoms with van der Waals surface area (Å²) < 4.78 is 9.02. The van der Waals surface area contributed by atoms with Gasteiger partial charge in [0.15, 0.2) is 11.5 Å². The summed E-state index contributed by atoms with van der Waals surface area (Å²) >= 11 is 7.96. The number of aromatic hydroxyl groups is 1. The van der Waals surface area contributed by atoms with E-state index in [1.807, 2.05) is 65.2 Å². The average molecular weight is 684 g/mol. The van der Waals surface area contributed by atoms with Crippen LogP contribution in [-0.2, 0) is 12.0 Å². The van der Waals surface area contributed by atoms with Crippen molar-refractivity contribution in [1.29, 1.82) is 0 Å². The normalized spacial score (nSPS) is 11.5. The molecule has 3 aromatic carbocycles. The molecule has 0 fully saturated rings. The summed E-state index contributed by atoms with van der Waals surface area (Å²) in [7, 11) is 0. The number of amides is 2. The van der Waals surface area contributed by atoms with Gasteiger partial charge in [0.1, 0.15) is 23.9 Å². The van der Waals surface area contributed by atoms with E-state index in [1.54, 1.807) is 40.7 Å². The summed E-state index contributed by atoms with van der Waals surface area (Å²) in [5, 5.41) is 38.8. The summed E-state index contributed by atoms with van der Waals surface area (Å²) in [6, 6.07) is 25.2. The van der Waals surface area contributed by atoms with Crippen molar-refractivity contribution in [2.24, 2.45) is 0 Å². The molecule has 6 aromatic rings. The molecule has 0 unspecified atom stereocenters. The molecule has 2 amide bonds. The van der Waals surface area contributed by atoms with E-state index < -0.39 is 0 Å². The first kappa shape index (κ1) is 32.9. The number of aromatic nitrogens is 5. The number of carbonyl (C=O) groups excluding carboxylic acids is 1. The van der Waals surface area contributed by atoms with E-state index in [4.69, 9.17) is 26.5 Å². The number of benzene rings is 3. The molecule has 4 N–H and O–H groups in total. The molecule has 13 heteroatoms. The first-order valence-corrected chi connectivity index (χ1v) is 16.4. The lowest BCUT2D eigenvalue weighted by Gasteiger charge is -2.14. The van der Waals surface area contributed by atoms with Crippen molar-refractivity contribution >= 4 is 40.9 Å². The van der Waals surface area contributed by atoms with Crippen LogP contribution in [0.15, 0.2) is 101 Å². The summed E-state index contributed by atoms with van der Waals surface area (Å²) in [4.78, 5) is 15.1. The number of halogens is 1. The molecule has 3 heterocycles. The number of aliphatic hydroxyl groups is 1. The number of ether oxygens (including phenoxy) is 1. The molecule has 0 spiro atoms. The quantitative estimate of drug-likeness (QED) is 0.120. The van der Waals surface area contributed by atoms with Crippen LogP contribution in [0.1, 0.15) is 32.0 Å². The van der Waals surface area contributed by atoms with Crippen LogP contribution in [-0.4, -0.2) is 53.8 Å². The highest BCUT2D eigenvalue weighted by Gasteiger charge is 2.22. The third-order valence-electron chi connectivity index (χ3n) is 7.37. The van der Waals surface area contributed by atoms with E-state index in [9.17, 15) is 9.90 Å². The molecule has 0 radical (unpaired) electrons. The average Bonchev–Trinajstić information content (AvgIpc) is 3.69. The van der Waals surface area contributed by atoms with Crippen LogP contribution in [0.5, 0.6) is 11.5 Å².